The maximum absolute atomic E-state index is 14.1. The molecule has 1 aliphatic rings. The van der Waals surface area contributed by atoms with E-state index in [4.69, 9.17) is 4.42 Å². The van der Waals surface area contributed by atoms with E-state index in [9.17, 15) is 27.9 Å². The predicted molar refractivity (Wildman–Crippen MR) is 174 cm³/mol. The summed E-state index contributed by atoms with van der Waals surface area (Å²) in [4.78, 5) is 33.4. The zero-order chi connectivity index (χ0) is 34.9. The van der Waals surface area contributed by atoms with Crippen molar-refractivity contribution in [2.24, 2.45) is 0 Å². The van der Waals surface area contributed by atoms with Gasteiger partial charge in [0.1, 0.15) is 11.6 Å². The number of aliphatic hydroxyl groups excluding tert-OH is 1. The lowest BCUT2D eigenvalue weighted by molar-refractivity contribution is -0.137. The van der Waals surface area contributed by atoms with Crippen molar-refractivity contribution < 1.29 is 32.3 Å². The third-order valence-corrected chi connectivity index (χ3v) is 8.33. The molecular formula is C34H35F3N8O4. The molecule has 3 heterocycles. The molecule has 2 aromatic heterocycles. The molecule has 15 heteroatoms. The van der Waals surface area contributed by atoms with Gasteiger partial charge in [0.2, 0.25) is 17.7 Å². The van der Waals surface area contributed by atoms with E-state index in [1.165, 1.54) is 11.0 Å². The Bertz CT molecular complexity index is 1970. The number of aromatic amines is 1. The summed E-state index contributed by atoms with van der Waals surface area (Å²) in [6.07, 6.45) is -4.91. The van der Waals surface area contributed by atoms with Crippen molar-refractivity contribution >= 4 is 28.6 Å². The molecule has 0 saturated carbocycles. The average Bonchev–Trinajstić information content (AvgIpc) is 3.72. The number of rotatable bonds is 10. The first-order chi connectivity index (χ1) is 23.3. The van der Waals surface area contributed by atoms with Crippen molar-refractivity contribution in [3.05, 3.63) is 77.4 Å². The number of hydrogen-bond acceptors (Lipinski definition) is 9. The number of tetrazole rings is 1. The molecule has 1 aliphatic heterocycles. The number of aromatic nitrogens is 5. The second-order valence-corrected chi connectivity index (χ2v) is 12.8. The number of oxazole rings is 1. The van der Waals surface area contributed by atoms with Crippen molar-refractivity contribution in [2.75, 3.05) is 11.4 Å². The standard InChI is InChI=1S/C34H35F3N8O4/c1-19(46)17-38-33(2,3)16-29(47)39-25-11-9-21-15-22(34(35,36)37)10-12-27(21)45(32(25)48)18-20-8-13-28-26(14-20)40-31(49-28)24-7-5-4-6-23(24)30-41-43-44-42-30/h4-8,10,12-15,19,25,38,46H,9,11,16-18H2,1-3H3,(H,39,47)(H,41,42,43,44)/t19-,25-/m1/s1. The highest BCUT2D eigenvalue weighted by molar-refractivity contribution is 6.00. The van der Waals surface area contributed by atoms with Crippen LogP contribution in [0.5, 0.6) is 0 Å². The number of β-amino-alcohol motifs (C(OH)–C–C–N with tert-alkyl or cyclic N) is 1. The van der Waals surface area contributed by atoms with Crippen LogP contribution in [0.1, 0.15) is 50.3 Å². The van der Waals surface area contributed by atoms with Gasteiger partial charge in [-0.2, -0.15) is 13.2 Å². The number of carbonyl (C=O) groups excluding carboxylic acids is 2. The van der Waals surface area contributed by atoms with Gasteiger partial charge in [-0.1, -0.05) is 24.3 Å². The summed E-state index contributed by atoms with van der Waals surface area (Å²) in [5.74, 6) is -0.0890. The van der Waals surface area contributed by atoms with Crippen molar-refractivity contribution in [1.29, 1.82) is 0 Å². The highest BCUT2D eigenvalue weighted by atomic mass is 19.4. The summed E-state index contributed by atoms with van der Waals surface area (Å²) >= 11 is 0. The van der Waals surface area contributed by atoms with Gasteiger partial charge in [0.15, 0.2) is 11.4 Å². The van der Waals surface area contributed by atoms with Crippen LogP contribution in [0.2, 0.25) is 0 Å². The lowest BCUT2D eigenvalue weighted by Gasteiger charge is -2.29. The number of aryl methyl sites for hydroxylation is 1. The number of nitrogens with zero attached hydrogens (tertiary/aromatic N) is 5. The minimum Gasteiger partial charge on any atom is -0.436 e. The largest absolute Gasteiger partial charge is 0.436 e. The summed E-state index contributed by atoms with van der Waals surface area (Å²) in [5, 5.41) is 29.6. The molecule has 12 nitrogen and oxygen atoms in total. The third-order valence-electron chi connectivity index (χ3n) is 8.33. The third kappa shape index (κ3) is 7.62. The molecule has 256 valence electrons. The Hall–Kier alpha value is -5.15. The van der Waals surface area contributed by atoms with Crippen molar-refractivity contribution in [3.8, 4) is 22.8 Å². The topological polar surface area (TPSA) is 162 Å². The van der Waals surface area contributed by atoms with Crippen LogP contribution in [-0.4, -0.2) is 66.8 Å². The van der Waals surface area contributed by atoms with Crippen molar-refractivity contribution in [1.82, 2.24) is 36.2 Å². The van der Waals surface area contributed by atoms with E-state index in [0.29, 0.717) is 50.8 Å². The van der Waals surface area contributed by atoms with Crippen LogP contribution in [0, 0.1) is 0 Å². The van der Waals surface area contributed by atoms with Gasteiger partial charge >= 0.3 is 6.18 Å². The summed E-state index contributed by atoms with van der Waals surface area (Å²) < 4.78 is 47.1. The molecule has 4 N–H and O–H groups in total. The number of nitrogens with one attached hydrogen (secondary N) is 3. The molecule has 0 unspecified atom stereocenters. The zero-order valence-corrected chi connectivity index (χ0v) is 27.0. The first kappa shape index (κ1) is 33.7. The normalized spacial score (nSPS) is 16.0. The fraction of sp³-hybridized carbons (Fsp3) is 0.353. The number of H-pyrrole nitrogens is 1. The van der Waals surface area contributed by atoms with E-state index < -0.39 is 41.2 Å². The molecule has 0 fully saturated rings. The lowest BCUT2D eigenvalue weighted by atomic mass is 9.99. The van der Waals surface area contributed by atoms with E-state index in [1.807, 2.05) is 24.3 Å². The van der Waals surface area contributed by atoms with Gasteiger partial charge in [0.25, 0.3) is 0 Å². The van der Waals surface area contributed by atoms with Crippen LogP contribution in [-0.2, 0) is 28.7 Å². The summed E-state index contributed by atoms with van der Waals surface area (Å²) in [6.45, 7) is 5.51. The smallest absolute Gasteiger partial charge is 0.416 e. The van der Waals surface area contributed by atoms with E-state index in [0.717, 1.165) is 12.1 Å². The number of benzene rings is 3. The fourth-order valence-corrected chi connectivity index (χ4v) is 5.90. The van der Waals surface area contributed by atoms with Gasteiger partial charge in [-0.3, -0.25) is 9.59 Å². The number of aliphatic hydroxyl groups is 1. The Balaban J connectivity index is 1.29. The molecule has 0 saturated heterocycles. The molecule has 49 heavy (non-hydrogen) atoms. The van der Waals surface area contributed by atoms with Crippen LogP contribution in [0.15, 0.2) is 65.1 Å². The first-order valence-electron chi connectivity index (χ1n) is 15.7. The van der Waals surface area contributed by atoms with Crippen LogP contribution >= 0.6 is 0 Å². The second-order valence-electron chi connectivity index (χ2n) is 12.8. The Morgan fingerprint density at radius 1 is 1.12 bits per heavy atom. The molecule has 3 aromatic carbocycles. The van der Waals surface area contributed by atoms with Crippen LogP contribution in [0.3, 0.4) is 0 Å². The van der Waals surface area contributed by atoms with E-state index in [2.05, 4.69) is 36.2 Å². The van der Waals surface area contributed by atoms with E-state index in [-0.39, 0.29) is 32.4 Å². The number of amides is 2. The maximum Gasteiger partial charge on any atom is 0.416 e. The first-order valence-corrected chi connectivity index (χ1v) is 15.7. The number of fused-ring (bicyclic) bond motifs is 2. The quantitative estimate of drug-likeness (QED) is 0.163. The average molecular weight is 677 g/mol. The highest BCUT2D eigenvalue weighted by Gasteiger charge is 2.36. The SMILES string of the molecule is C[C@@H](O)CNC(C)(C)CC(=O)N[C@@H]1CCc2cc(C(F)(F)F)ccc2N(Cc2ccc3oc(-c4ccccc4-c4nnn[nH]4)nc3c2)C1=O. The number of anilines is 1. The van der Waals surface area contributed by atoms with Gasteiger partial charge < -0.3 is 25.1 Å². The zero-order valence-electron chi connectivity index (χ0n) is 27.0. The molecule has 0 spiro atoms. The number of carbonyl (C=O) groups is 2. The number of halogens is 3. The highest BCUT2D eigenvalue weighted by Crippen LogP contribution is 2.37. The fourth-order valence-electron chi connectivity index (χ4n) is 5.90. The summed E-state index contributed by atoms with van der Waals surface area (Å²) in [5.41, 5.74) is 2.16. The molecule has 0 bridgehead atoms. The molecular weight excluding hydrogens is 641 g/mol. The Kier molecular flexibility index (Phi) is 9.22. The molecule has 0 aliphatic carbocycles. The minimum absolute atomic E-state index is 0.00343. The Morgan fingerprint density at radius 3 is 2.61 bits per heavy atom. The van der Waals surface area contributed by atoms with Crippen LogP contribution in [0.25, 0.3) is 33.9 Å². The van der Waals surface area contributed by atoms with Gasteiger partial charge in [0.05, 0.1) is 18.2 Å². The van der Waals surface area contributed by atoms with Gasteiger partial charge in [0, 0.05) is 35.3 Å². The Morgan fingerprint density at radius 2 is 1.90 bits per heavy atom. The molecule has 0 radical (unpaired) electrons. The van der Waals surface area contributed by atoms with Gasteiger partial charge in [-0.25, -0.2) is 10.1 Å². The predicted octanol–water partition coefficient (Wildman–Crippen LogP) is 4.80. The molecule has 5 aromatic rings. The lowest BCUT2D eigenvalue weighted by Crippen LogP contribution is -2.51. The minimum atomic E-state index is -4.56. The molecule has 2 amide bonds. The second kappa shape index (κ2) is 13.4. The number of hydrogen-bond donors (Lipinski definition) is 4. The van der Waals surface area contributed by atoms with E-state index >= 15 is 0 Å². The van der Waals surface area contributed by atoms with Crippen molar-refractivity contribution in [3.63, 3.8) is 0 Å². The van der Waals surface area contributed by atoms with Gasteiger partial charge in [-0.15, -0.1) is 5.10 Å². The van der Waals surface area contributed by atoms with Crippen LogP contribution in [0.4, 0.5) is 18.9 Å². The van der Waals surface area contributed by atoms with Crippen molar-refractivity contribution in [2.45, 2.75) is 70.4 Å². The monoisotopic (exact) mass is 676 g/mol. The summed E-state index contributed by atoms with van der Waals surface area (Å²) in [6, 6.07) is 14.9. The maximum atomic E-state index is 14.1. The molecule has 6 rings (SSSR count). The van der Waals surface area contributed by atoms with Gasteiger partial charge in [-0.05, 0) is 91.6 Å². The van der Waals surface area contributed by atoms with E-state index in [1.54, 1.807) is 39.0 Å². The summed E-state index contributed by atoms with van der Waals surface area (Å²) in [7, 11) is 0. The van der Waals surface area contributed by atoms with Crippen LogP contribution < -0.4 is 15.5 Å². The number of alkyl halides is 3. The Labute approximate surface area is 279 Å². The molecule has 2 atom stereocenters.